The Hall–Kier alpha value is -2.08. The smallest absolute Gasteiger partial charge is 0.410 e. The highest BCUT2D eigenvalue weighted by Gasteiger charge is 2.29. The van der Waals surface area contributed by atoms with E-state index in [1.54, 1.807) is 4.90 Å². The zero-order valence-electron chi connectivity index (χ0n) is 12.0. The van der Waals surface area contributed by atoms with Crippen LogP contribution in [0.15, 0.2) is 30.3 Å². The van der Waals surface area contributed by atoms with E-state index >= 15 is 0 Å². The number of nitrogens with zero attached hydrogens (tertiary/aromatic N) is 1. The number of carbonyl (C=O) groups is 2. The molecule has 2 amide bonds. The molecule has 1 aliphatic rings. The van der Waals surface area contributed by atoms with E-state index in [4.69, 9.17) is 10.5 Å². The van der Waals surface area contributed by atoms with Crippen LogP contribution in [-0.4, -0.2) is 42.6 Å². The first-order valence-corrected chi connectivity index (χ1v) is 7.15. The van der Waals surface area contributed by atoms with Crippen LogP contribution < -0.4 is 11.1 Å². The standard InChI is InChI=1S/C15H21N3O3/c16-9-14(19)17-10-13-7-4-8-18(13)15(20)21-11-12-5-2-1-3-6-12/h1-3,5-6,13H,4,7-11,16H2,(H,17,19)/t13-/m0/s1. The summed E-state index contributed by atoms with van der Waals surface area (Å²) < 4.78 is 5.32. The quantitative estimate of drug-likeness (QED) is 0.842. The number of benzene rings is 1. The molecule has 3 N–H and O–H groups in total. The lowest BCUT2D eigenvalue weighted by Gasteiger charge is -2.24. The highest BCUT2D eigenvalue weighted by Crippen LogP contribution is 2.18. The Balaban J connectivity index is 1.81. The topological polar surface area (TPSA) is 84.7 Å². The second-order valence-electron chi connectivity index (χ2n) is 5.04. The molecule has 0 aliphatic carbocycles. The Morgan fingerprint density at radius 2 is 2.10 bits per heavy atom. The molecule has 1 aromatic carbocycles. The minimum Gasteiger partial charge on any atom is -0.445 e. The van der Waals surface area contributed by atoms with Crippen molar-refractivity contribution in [2.75, 3.05) is 19.6 Å². The van der Waals surface area contributed by atoms with Crippen molar-refractivity contribution in [3.63, 3.8) is 0 Å². The number of nitrogens with one attached hydrogen (secondary N) is 1. The van der Waals surface area contributed by atoms with Crippen molar-refractivity contribution < 1.29 is 14.3 Å². The van der Waals surface area contributed by atoms with Crippen LogP contribution in [0.4, 0.5) is 4.79 Å². The monoisotopic (exact) mass is 291 g/mol. The number of hydrogen-bond donors (Lipinski definition) is 2. The number of rotatable bonds is 5. The van der Waals surface area contributed by atoms with Crippen molar-refractivity contribution in [1.29, 1.82) is 0 Å². The number of nitrogens with two attached hydrogens (primary N) is 1. The van der Waals surface area contributed by atoms with E-state index in [-0.39, 0.29) is 31.2 Å². The van der Waals surface area contributed by atoms with Gasteiger partial charge in [-0.15, -0.1) is 0 Å². The van der Waals surface area contributed by atoms with Crippen molar-refractivity contribution in [2.45, 2.75) is 25.5 Å². The average molecular weight is 291 g/mol. The van der Waals surface area contributed by atoms with Crippen LogP contribution >= 0.6 is 0 Å². The number of hydrogen-bond acceptors (Lipinski definition) is 4. The minimum absolute atomic E-state index is 0.0104. The minimum atomic E-state index is -0.330. The molecule has 2 rings (SSSR count). The zero-order chi connectivity index (χ0) is 15.1. The normalized spacial score (nSPS) is 17.6. The van der Waals surface area contributed by atoms with Gasteiger partial charge in [-0.2, -0.15) is 0 Å². The third-order valence-electron chi connectivity index (χ3n) is 3.54. The van der Waals surface area contributed by atoms with Crippen LogP contribution in [0.1, 0.15) is 18.4 Å². The van der Waals surface area contributed by atoms with E-state index in [9.17, 15) is 9.59 Å². The Labute approximate surface area is 124 Å². The molecule has 1 saturated heterocycles. The van der Waals surface area contributed by atoms with Gasteiger partial charge in [-0.3, -0.25) is 4.79 Å². The first-order chi connectivity index (χ1) is 10.2. The molecule has 1 atom stereocenters. The van der Waals surface area contributed by atoms with Crippen LogP contribution in [0.3, 0.4) is 0 Å². The molecule has 1 fully saturated rings. The summed E-state index contributed by atoms with van der Waals surface area (Å²) in [7, 11) is 0. The molecule has 1 heterocycles. The second kappa shape index (κ2) is 7.64. The van der Waals surface area contributed by atoms with E-state index in [1.165, 1.54) is 0 Å². The molecule has 0 radical (unpaired) electrons. The third kappa shape index (κ3) is 4.46. The van der Waals surface area contributed by atoms with Crippen molar-refractivity contribution in [2.24, 2.45) is 5.73 Å². The summed E-state index contributed by atoms with van der Waals surface area (Å²) in [4.78, 5) is 25.0. The molecule has 1 aromatic rings. The molecular weight excluding hydrogens is 270 g/mol. The Kier molecular flexibility index (Phi) is 5.57. The number of amides is 2. The average Bonchev–Trinajstić information content (AvgIpc) is 2.99. The second-order valence-corrected chi connectivity index (χ2v) is 5.04. The van der Waals surface area contributed by atoms with Gasteiger partial charge in [-0.25, -0.2) is 4.79 Å². The van der Waals surface area contributed by atoms with Gasteiger partial charge in [0.05, 0.1) is 12.6 Å². The first-order valence-electron chi connectivity index (χ1n) is 7.15. The summed E-state index contributed by atoms with van der Waals surface area (Å²) >= 11 is 0. The fourth-order valence-electron chi connectivity index (χ4n) is 2.39. The van der Waals surface area contributed by atoms with Crippen molar-refractivity contribution in [3.8, 4) is 0 Å². The number of ether oxygens (including phenoxy) is 1. The van der Waals surface area contributed by atoms with E-state index in [0.29, 0.717) is 13.1 Å². The Morgan fingerprint density at radius 3 is 2.81 bits per heavy atom. The van der Waals surface area contributed by atoms with Crippen molar-refractivity contribution >= 4 is 12.0 Å². The SMILES string of the molecule is NCC(=O)NC[C@@H]1CCCN1C(=O)OCc1ccccc1. The van der Waals surface area contributed by atoms with Gasteiger partial charge in [-0.1, -0.05) is 30.3 Å². The van der Waals surface area contributed by atoms with Gasteiger partial charge >= 0.3 is 6.09 Å². The Bertz CT molecular complexity index is 478. The highest BCUT2D eigenvalue weighted by atomic mass is 16.6. The largest absolute Gasteiger partial charge is 0.445 e. The number of carbonyl (C=O) groups excluding carboxylic acids is 2. The summed E-state index contributed by atoms with van der Waals surface area (Å²) in [5, 5.41) is 2.72. The predicted molar refractivity (Wildman–Crippen MR) is 78.4 cm³/mol. The fourth-order valence-corrected chi connectivity index (χ4v) is 2.39. The van der Waals surface area contributed by atoms with Crippen molar-refractivity contribution in [1.82, 2.24) is 10.2 Å². The highest BCUT2D eigenvalue weighted by molar-refractivity contribution is 5.77. The summed E-state index contributed by atoms with van der Waals surface area (Å²) in [6.07, 6.45) is 1.46. The summed E-state index contributed by atoms with van der Waals surface area (Å²) in [5.74, 6) is -0.209. The molecule has 21 heavy (non-hydrogen) atoms. The maximum Gasteiger partial charge on any atom is 0.410 e. The van der Waals surface area contributed by atoms with Gasteiger partial charge in [-0.05, 0) is 18.4 Å². The molecular formula is C15H21N3O3. The van der Waals surface area contributed by atoms with E-state index in [1.807, 2.05) is 30.3 Å². The fraction of sp³-hybridized carbons (Fsp3) is 0.467. The van der Waals surface area contributed by atoms with E-state index in [0.717, 1.165) is 18.4 Å². The Morgan fingerprint density at radius 1 is 1.33 bits per heavy atom. The van der Waals surface area contributed by atoms with Crippen LogP contribution in [0.2, 0.25) is 0 Å². The molecule has 1 aliphatic heterocycles. The van der Waals surface area contributed by atoms with E-state index in [2.05, 4.69) is 5.32 Å². The molecule has 0 aromatic heterocycles. The van der Waals surface area contributed by atoms with Gasteiger partial charge in [0.1, 0.15) is 6.61 Å². The zero-order valence-corrected chi connectivity index (χ0v) is 12.0. The van der Waals surface area contributed by atoms with Crippen LogP contribution in [0.5, 0.6) is 0 Å². The van der Waals surface area contributed by atoms with Gasteiger partial charge in [0.25, 0.3) is 0 Å². The lowest BCUT2D eigenvalue weighted by Crippen LogP contribution is -2.44. The van der Waals surface area contributed by atoms with Gasteiger partial charge < -0.3 is 20.7 Å². The molecule has 0 spiro atoms. The summed E-state index contributed by atoms with van der Waals surface area (Å²) in [6, 6.07) is 9.55. The van der Waals surface area contributed by atoms with Crippen LogP contribution in [0.25, 0.3) is 0 Å². The predicted octanol–water partition coefficient (Wildman–Crippen LogP) is 0.863. The molecule has 0 saturated carbocycles. The molecule has 0 bridgehead atoms. The lowest BCUT2D eigenvalue weighted by molar-refractivity contribution is -0.119. The van der Waals surface area contributed by atoms with Gasteiger partial charge in [0.15, 0.2) is 0 Å². The molecule has 6 nitrogen and oxygen atoms in total. The van der Waals surface area contributed by atoms with Gasteiger partial charge in [0, 0.05) is 13.1 Å². The maximum atomic E-state index is 12.1. The van der Waals surface area contributed by atoms with E-state index < -0.39 is 0 Å². The third-order valence-corrected chi connectivity index (χ3v) is 3.54. The number of likely N-dealkylation sites (tertiary alicyclic amines) is 1. The maximum absolute atomic E-state index is 12.1. The van der Waals surface area contributed by atoms with Crippen LogP contribution in [0, 0.1) is 0 Å². The van der Waals surface area contributed by atoms with Crippen LogP contribution in [-0.2, 0) is 16.1 Å². The van der Waals surface area contributed by atoms with Crippen molar-refractivity contribution in [3.05, 3.63) is 35.9 Å². The lowest BCUT2D eigenvalue weighted by atomic mass is 10.2. The molecule has 114 valence electrons. The molecule has 6 heteroatoms. The summed E-state index contributed by atoms with van der Waals surface area (Å²) in [5.41, 5.74) is 6.20. The summed E-state index contributed by atoms with van der Waals surface area (Å²) in [6.45, 7) is 1.32. The first kappa shape index (κ1) is 15.3. The molecule has 0 unspecified atom stereocenters. The van der Waals surface area contributed by atoms with Gasteiger partial charge in [0.2, 0.25) is 5.91 Å².